The summed E-state index contributed by atoms with van der Waals surface area (Å²) >= 11 is 0. The summed E-state index contributed by atoms with van der Waals surface area (Å²) < 4.78 is 13.7. The lowest BCUT2D eigenvalue weighted by atomic mass is 9.96. The molecule has 0 aliphatic carbocycles. The Bertz CT molecular complexity index is 683. The van der Waals surface area contributed by atoms with Crippen LogP contribution in [0, 0.1) is 5.82 Å². The third kappa shape index (κ3) is 2.12. The summed E-state index contributed by atoms with van der Waals surface area (Å²) in [5.74, 6) is -0.140. The summed E-state index contributed by atoms with van der Waals surface area (Å²) in [6, 6.07) is 14.2. The van der Waals surface area contributed by atoms with Gasteiger partial charge in [-0.15, -0.1) is 0 Å². The van der Waals surface area contributed by atoms with Crippen molar-refractivity contribution in [3.63, 3.8) is 0 Å². The average molecular weight is 282 g/mol. The van der Waals surface area contributed by atoms with E-state index in [1.54, 1.807) is 12.1 Å². The molecule has 0 N–H and O–H groups in total. The maximum atomic E-state index is 13.7. The Morgan fingerprint density at radius 3 is 2.81 bits per heavy atom. The van der Waals surface area contributed by atoms with Gasteiger partial charge in [-0.2, -0.15) is 0 Å². The predicted octanol–water partition coefficient (Wildman–Crippen LogP) is 3.22. The molecule has 2 aromatic carbocycles. The number of hydrogen-bond acceptors (Lipinski definition) is 2. The molecular formula is C18H19FN2. The van der Waals surface area contributed by atoms with Gasteiger partial charge in [0.25, 0.3) is 0 Å². The number of likely N-dealkylation sites (N-methyl/N-ethyl adjacent to an activating group) is 1. The molecule has 1 fully saturated rings. The Hall–Kier alpha value is -1.87. The average Bonchev–Trinajstić information content (AvgIpc) is 2.61. The molecule has 0 aromatic heterocycles. The first-order valence-electron chi connectivity index (χ1n) is 7.54. The summed E-state index contributed by atoms with van der Waals surface area (Å²) in [6.07, 6.45) is 0.819. The van der Waals surface area contributed by atoms with Crippen molar-refractivity contribution in [2.24, 2.45) is 0 Å². The van der Waals surface area contributed by atoms with Crippen LogP contribution in [-0.4, -0.2) is 31.6 Å². The van der Waals surface area contributed by atoms with Gasteiger partial charge in [-0.25, -0.2) is 4.39 Å². The summed E-state index contributed by atoms with van der Waals surface area (Å²) in [4.78, 5) is 4.84. The van der Waals surface area contributed by atoms with Crippen molar-refractivity contribution < 1.29 is 4.39 Å². The lowest BCUT2D eigenvalue weighted by Crippen LogP contribution is -2.46. The Labute approximate surface area is 124 Å². The molecule has 2 aliphatic rings. The third-order valence-corrected chi connectivity index (χ3v) is 4.73. The molecular weight excluding hydrogens is 263 g/mol. The minimum atomic E-state index is -0.140. The molecule has 0 amide bonds. The van der Waals surface area contributed by atoms with Crippen LogP contribution in [0.15, 0.2) is 42.5 Å². The molecule has 2 aliphatic heterocycles. The molecule has 2 heterocycles. The predicted molar refractivity (Wildman–Crippen MR) is 83.2 cm³/mol. The van der Waals surface area contributed by atoms with Gasteiger partial charge in [0, 0.05) is 25.3 Å². The molecule has 21 heavy (non-hydrogen) atoms. The fourth-order valence-corrected chi connectivity index (χ4v) is 3.68. The largest absolute Gasteiger partial charge is 0.362 e. The molecule has 108 valence electrons. The highest BCUT2D eigenvalue weighted by Crippen LogP contribution is 2.39. The summed E-state index contributed by atoms with van der Waals surface area (Å²) in [6.45, 7) is 3.07. The van der Waals surface area contributed by atoms with Crippen LogP contribution in [-0.2, 0) is 6.42 Å². The van der Waals surface area contributed by atoms with Crippen molar-refractivity contribution in [3.8, 4) is 0 Å². The molecule has 0 saturated carbocycles. The number of rotatable bonds is 0. The zero-order valence-corrected chi connectivity index (χ0v) is 12.2. The third-order valence-electron chi connectivity index (χ3n) is 4.73. The molecule has 0 bridgehead atoms. The molecule has 1 unspecified atom stereocenters. The highest BCUT2D eigenvalue weighted by atomic mass is 19.1. The number of nitrogens with zero attached hydrogens (tertiary/aromatic N) is 2. The van der Waals surface area contributed by atoms with E-state index >= 15 is 0 Å². The van der Waals surface area contributed by atoms with Crippen LogP contribution in [0.5, 0.6) is 0 Å². The summed E-state index contributed by atoms with van der Waals surface area (Å²) in [7, 11) is 2.18. The van der Waals surface area contributed by atoms with Crippen LogP contribution < -0.4 is 4.90 Å². The fourth-order valence-electron chi connectivity index (χ4n) is 3.68. The number of halogens is 1. The number of hydrogen-bond donors (Lipinski definition) is 0. The van der Waals surface area contributed by atoms with Gasteiger partial charge in [0.1, 0.15) is 5.82 Å². The Kier molecular flexibility index (Phi) is 2.96. The minimum Gasteiger partial charge on any atom is -0.362 e. The standard InChI is InChI=1S/C18H19FN2/c1-20-8-9-21-17-7-6-15(19)11-14(17)10-13-4-2-3-5-16(13)18(21)12-20/h2-7,11,18H,8-10,12H2,1H3. The maximum Gasteiger partial charge on any atom is 0.123 e. The molecule has 2 nitrogen and oxygen atoms in total. The minimum absolute atomic E-state index is 0.140. The van der Waals surface area contributed by atoms with Crippen molar-refractivity contribution in [2.75, 3.05) is 31.6 Å². The van der Waals surface area contributed by atoms with E-state index in [0.29, 0.717) is 6.04 Å². The number of benzene rings is 2. The van der Waals surface area contributed by atoms with Gasteiger partial charge < -0.3 is 9.80 Å². The van der Waals surface area contributed by atoms with Gasteiger partial charge >= 0.3 is 0 Å². The van der Waals surface area contributed by atoms with Crippen LogP contribution in [0.2, 0.25) is 0 Å². The van der Waals surface area contributed by atoms with E-state index in [4.69, 9.17) is 0 Å². The highest BCUT2D eigenvalue weighted by molar-refractivity contribution is 5.60. The van der Waals surface area contributed by atoms with Gasteiger partial charge in [-0.05, 0) is 48.4 Å². The van der Waals surface area contributed by atoms with Gasteiger partial charge in [-0.1, -0.05) is 24.3 Å². The molecule has 4 rings (SSSR count). The van der Waals surface area contributed by atoms with Gasteiger partial charge in [0.15, 0.2) is 0 Å². The van der Waals surface area contributed by atoms with Crippen molar-refractivity contribution in [3.05, 3.63) is 65.0 Å². The smallest absolute Gasteiger partial charge is 0.123 e. The van der Waals surface area contributed by atoms with E-state index in [0.717, 1.165) is 31.6 Å². The van der Waals surface area contributed by atoms with Gasteiger partial charge in [0.2, 0.25) is 0 Å². The first kappa shape index (κ1) is 12.8. The van der Waals surface area contributed by atoms with E-state index < -0.39 is 0 Å². The van der Waals surface area contributed by atoms with Crippen LogP contribution in [0.25, 0.3) is 0 Å². The van der Waals surface area contributed by atoms with Crippen LogP contribution >= 0.6 is 0 Å². The quantitative estimate of drug-likeness (QED) is 0.732. The van der Waals surface area contributed by atoms with E-state index in [-0.39, 0.29) is 5.82 Å². The van der Waals surface area contributed by atoms with Gasteiger partial charge in [0.05, 0.1) is 6.04 Å². The fraction of sp³-hybridized carbons (Fsp3) is 0.333. The van der Waals surface area contributed by atoms with Crippen LogP contribution in [0.3, 0.4) is 0 Å². The second-order valence-corrected chi connectivity index (χ2v) is 6.12. The van der Waals surface area contributed by atoms with Crippen molar-refractivity contribution in [1.82, 2.24) is 4.90 Å². The molecule has 0 spiro atoms. The summed E-state index contributed by atoms with van der Waals surface area (Å²) in [5.41, 5.74) is 5.02. The highest BCUT2D eigenvalue weighted by Gasteiger charge is 2.32. The molecule has 1 atom stereocenters. The topological polar surface area (TPSA) is 6.48 Å². The summed E-state index contributed by atoms with van der Waals surface area (Å²) in [5, 5.41) is 0. The Morgan fingerprint density at radius 2 is 1.90 bits per heavy atom. The SMILES string of the molecule is CN1CCN2c3ccc(F)cc3Cc3ccccc3C2C1. The van der Waals surface area contributed by atoms with E-state index in [1.165, 1.54) is 16.8 Å². The molecule has 0 radical (unpaired) electrons. The monoisotopic (exact) mass is 282 g/mol. The van der Waals surface area contributed by atoms with Crippen molar-refractivity contribution >= 4 is 5.69 Å². The number of fused-ring (bicyclic) bond motifs is 5. The first-order valence-corrected chi connectivity index (χ1v) is 7.54. The Morgan fingerprint density at radius 1 is 1.05 bits per heavy atom. The van der Waals surface area contributed by atoms with Gasteiger partial charge in [-0.3, -0.25) is 0 Å². The second-order valence-electron chi connectivity index (χ2n) is 6.12. The molecule has 3 heteroatoms. The number of anilines is 1. The lowest BCUT2D eigenvalue weighted by molar-refractivity contribution is 0.269. The van der Waals surface area contributed by atoms with Crippen molar-refractivity contribution in [1.29, 1.82) is 0 Å². The lowest BCUT2D eigenvalue weighted by Gasteiger charge is -2.41. The van der Waals surface area contributed by atoms with Crippen molar-refractivity contribution in [2.45, 2.75) is 12.5 Å². The first-order chi connectivity index (χ1) is 10.2. The van der Waals surface area contributed by atoms with Crippen LogP contribution in [0.4, 0.5) is 10.1 Å². The zero-order valence-electron chi connectivity index (χ0n) is 12.2. The maximum absolute atomic E-state index is 13.7. The van der Waals surface area contributed by atoms with Crippen LogP contribution in [0.1, 0.15) is 22.7 Å². The second kappa shape index (κ2) is 4.85. The zero-order chi connectivity index (χ0) is 14.4. The van der Waals surface area contributed by atoms with E-state index in [1.807, 2.05) is 6.07 Å². The molecule has 1 saturated heterocycles. The van der Waals surface area contributed by atoms with E-state index in [9.17, 15) is 4.39 Å². The normalized spacial score (nSPS) is 21.2. The Balaban J connectivity index is 1.90. The molecule has 2 aromatic rings. The number of piperazine rings is 1. The van der Waals surface area contributed by atoms with E-state index in [2.05, 4.69) is 41.1 Å².